The summed E-state index contributed by atoms with van der Waals surface area (Å²) in [5.41, 5.74) is 0. The molecule has 0 bridgehead atoms. The van der Waals surface area contributed by atoms with Gasteiger partial charge >= 0.3 is 0 Å². The van der Waals surface area contributed by atoms with Gasteiger partial charge in [0.25, 0.3) is 0 Å². The highest BCUT2D eigenvalue weighted by Crippen LogP contribution is 2.47. The topological polar surface area (TPSA) is 51.5 Å². The summed E-state index contributed by atoms with van der Waals surface area (Å²) < 4.78 is 11.1. The Morgan fingerprint density at radius 1 is 1.50 bits per heavy atom. The van der Waals surface area contributed by atoms with Crippen LogP contribution in [0.2, 0.25) is 0 Å². The predicted molar refractivity (Wildman–Crippen MR) is 75.3 cm³/mol. The van der Waals surface area contributed by atoms with E-state index in [4.69, 9.17) is 9.15 Å². The van der Waals surface area contributed by atoms with Crippen LogP contribution in [-0.2, 0) is 9.53 Å². The van der Waals surface area contributed by atoms with Gasteiger partial charge in [-0.2, -0.15) is 0 Å². The van der Waals surface area contributed by atoms with E-state index in [1.165, 1.54) is 0 Å². The van der Waals surface area contributed by atoms with Gasteiger partial charge < -0.3 is 14.5 Å². The Morgan fingerprint density at radius 2 is 2.35 bits per heavy atom. The van der Waals surface area contributed by atoms with Crippen molar-refractivity contribution in [3.8, 4) is 0 Å². The molecule has 0 radical (unpaired) electrons. The largest absolute Gasteiger partial charge is 0.469 e. The van der Waals surface area contributed by atoms with E-state index in [1.54, 1.807) is 6.26 Å². The third-order valence-electron chi connectivity index (χ3n) is 4.49. The van der Waals surface area contributed by atoms with Crippen molar-refractivity contribution in [2.24, 2.45) is 17.8 Å². The van der Waals surface area contributed by atoms with Crippen molar-refractivity contribution in [3.05, 3.63) is 24.2 Å². The van der Waals surface area contributed by atoms with E-state index in [0.29, 0.717) is 11.8 Å². The maximum Gasteiger partial charge on any atom is 0.223 e. The van der Waals surface area contributed by atoms with Crippen LogP contribution in [0.25, 0.3) is 0 Å². The van der Waals surface area contributed by atoms with Crippen LogP contribution in [0, 0.1) is 17.8 Å². The number of ether oxygens (including phenoxy) is 1. The zero-order valence-corrected chi connectivity index (χ0v) is 12.2. The quantitative estimate of drug-likeness (QED) is 0.900. The summed E-state index contributed by atoms with van der Waals surface area (Å²) in [6.45, 7) is 5.92. The maximum atomic E-state index is 12.2. The van der Waals surface area contributed by atoms with Crippen LogP contribution in [0.3, 0.4) is 0 Å². The Labute approximate surface area is 119 Å². The van der Waals surface area contributed by atoms with Crippen LogP contribution in [0.4, 0.5) is 0 Å². The number of hydrogen-bond donors (Lipinski definition) is 1. The molecule has 0 unspecified atom stereocenters. The molecule has 1 aliphatic heterocycles. The highest BCUT2D eigenvalue weighted by molar-refractivity contribution is 5.82. The average molecular weight is 277 g/mol. The molecule has 4 heteroatoms. The molecule has 1 amide bonds. The summed E-state index contributed by atoms with van der Waals surface area (Å²) in [4.78, 5) is 12.2. The van der Waals surface area contributed by atoms with Crippen molar-refractivity contribution in [2.75, 3.05) is 13.2 Å². The van der Waals surface area contributed by atoms with E-state index in [-0.39, 0.29) is 23.8 Å². The Kier molecular flexibility index (Phi) is 3.83. The van der Waals surface area contributed by atoms with Gasteiger partial charge in [0.15, 0.2) is 0 Å². The highest BCUT2D eigenvalue weighted by atomic mass is 16.5. The Hall–Kier alpha value is -1.29. The summed E-state index contributed by atoms with van der Waals surface area (Å²) in [6, 6.07) is 3.84. The standard InChI is InChI=1S/C16H23NO3/c1-10(2)15-11(5-7-20-15)9-17-16(18)13-8-12(13)14-4-3-6-19-14/h3-4,6,10-13,15H,5,7-9H2,1-2H3,(H,17,18)/t11-,12+,13-,15-/m1/s1. The van der Waals surface area contributed by atoms with E-state index < -0.39 is 0 Å². The maximum absolute atomic E-state index is 12.2. The molecular formula is C16H23NO3. The second-order valence-corrected chi connectivity index (χ2v) is 6.34. The lowest BCUT2D eigenvalue weighted by molar-refractivity contribution is -0.122. The van der Waals surface area contributed by atoms with Gasteiger partial charge in [-0.15, -0.1) is 0 Å². The molecule has 1 saturated heterocycles. The van der Waals surface area contributed by atoms with Crippen LogP contribution in [0.15, 0.2) is 22.8 Å². The molecule has 3 rings (SSSR count). The number of amides is 1. The first-order valence-corrected chi connectivity index (χ1v) is 7.59. The highest BCUT2D eigenvalue weighted by Gasteiger charge is 2.46. The van der Waals surface area contributed by atoms with Crippen molar-refractivity contribution < 1.29 is 13.9 Å². The molecule has 1 aromatic rings. The first-order valence-electron chi connectivity index (χ1n) is 7.59. The number of rotatable bonds is 5. The molecule has 0 spiro atoms. The van der Waals surface area contributed by atoms with E-state index in [1.807, 2.05) is 12.1 Å². The number of furan rings is 1. The van der Waals surface area contributed by atoms with Gasteiger partial charge in [-0.05, 0) is 30.9 Å². The molecule has 2 heterocycles. The van der Waals surface area contributed by atoms with E-state index in [9.17, 15) is 4.79 Å². The fraction of sp³-hybridized carbons (Fsp3) is 0.688. The monoisotopic (exact) mass is 277 g/mol. The van der Waals surface area contributed by atoms with Crippen LogP contribution in [0.1, 0.15) is 38.4 Å². The second-order valence-electron chi connectivity index (χ2n) is 6.34. The van der Waals surface area contributed by atoms with Crippen LogP contribution in [0.5, 0.6) is 0 Å². The van der Waals surface area contributed by atoms with Gasteiger partial charge in [0.2, 0.25) is 5.91 Å². The minimum Gasteiger partial charge on any atom is -0.469 e. The minimum absolute atomic E-state index is 0.0981. The molecule has 2 fully saturated rings. The lowest BCUT2D eigenvalue weighted by atomic mass is 9.93. The zero-order valence-electron chi connectivity index (χ0n) is 12.2. The molecule has 2 aliphatic rings. The molecule has 4 nitrogen and oxygen atoms in total. The van der Waals surface area contributed by atoms with Crippen molar-refractivity contribution in [3.63, 3.8) is 0 Å². The van der Waals surface area contributed by atoms with Crippen molar-refractivity contribution in [1.82, 2.24) is 5.32 Å². The average Bonchev–Trinajstić information content (AvgIpc) is 2.88. The van der Waals surface area contributed by atoms with Crippen molar-refractivity contribution in [1.29, 1.82) is 0 Å². The summed E-state index contributed by atoms with van der Waals surface area (Å²) >= 11 is 0. The van der Waals surface area contributed by atoms with E-state index in [2.05, 4.69) is 19.2 Å². The molecule has 1 N–H and O–H groups in total. The molecule has 110 valence electrons. The lowest BCUT2D eigenvalue weighted by Crippen LogP contribution is -2.35. The smallest absolute Gasteiger partial charge is 0.223 e. The van der Waals surface area contributed by atoms with Crippen LogP contribution in [-0.4, -0.2) is 25.2 Å². The normalized spacial score (nSPS) is 32.5. The molecule has 4 atom stereocenters. The Bertz CT molecular complexity index is 454. The summed E-state index contributed by atoms with van der Waals surface area (Å²) in [5.74, 6) is 2.46. The van der Waals surface area contributed by atoms with Crippen LogP contribution >= 0.6 is 0 Å². The van der Waals surface area contributed by atoms with Gasteiger partial charge in [0, 0.05) is 30.9 Å². The second kappa shape index (κ2) is 5.60. The van der Waals surface area contributed by atoms with Gasteiger partial charge in [-0.1, -0.05) is 13.8 Å². The van der Waals surface area contributed by atoms with Gasteiger partial charge in [-0.3, -0.25) is 4.79 Å². The number of hydrogen-bond acceptors (Lipinski definition) is 3. The van der Waals surface area contributed by atoms with E-state index in [0.717, 1.165) is 31.8 Å². The minimum atomic E-state index is 0.0981. The van der Waals surface area contributed by atoms with Gasteiger partial charge in [-0.25, -0.2) is 0 Å². The SMILES string of the molecule is CC(C)[C@H]1OCC[C@@H]1CNC(=O)[C@@H]1C[C@@H]1c1ccco1. The fourth-order valence-corrected chi connectivity index (χ4v) is 3.28. The Morgan fingerprint density at radius 3 is 3.05 bits per heavy atom. The third-order valence-corrected chi connectivity index (χ3v) is 4.49. The molecular weight excluding hydrogens is 254 g/mol. The van der Waals surface area contributed by atoms with Gasteiger partial charge in [0.1, 0.15) is 5.76 Å². The molecule has 0 aromatic carbocycles. The Balaban J connectivity index is 1.46. The molecule has 1 aromatic heterocycles. The summed E-state index contributed by atoms with van der Waals surface area (Å²) in [7, 11) is 0. The molecule has 1 saturated carbocycles. The zero-order chi connectivity index (χ0) is 14.1. The molecule has 1 aliphatic carbocycles. The fourth-order valence-electron chi connectivity index (χ4n) is 3.28. The van der Waals surface area contributed by atoms with Crippen molar-refractivity contribution in [2.45, 2.75) is 38.7 Å². The van der Waals surface area contributed by atoms with E-state index >= 15 is 0 Å². The first-order chi connectivity index (χ1) is 9.66. The van der Waals surface area contributed by atoms with Crippen LogP contribution < -0.4 is 5.32 Å². The number of carbonyl (C=O) groups excluding carboxylic acids is 1. The summed E-state index contributed by atoms with van der Waals surface area (Å²) in [5, 5.41) is 3.10. The number of nitrogens with one attached hydrogen (secondary N) is 1. The summed E-state index contributed by atoms with van der Waals surface area (Å²) in [6.07, 6.45) is 3.92. The van der Waals surface area contributed by atoms with Gasteiger partial charge in [0.05, 0.1) is 12.4 Å². The number of carbonyl (C=O) groups is 1. The third kappa shape index (κ3) is 2.75. The first kappa shape index (κ1) is 13.7. The molecule has 20 heavy (non-hydrogen) atoms. The predicted octanol–water partition coefficient (Wildman–Crippen LogP) is 2.56. The van der Waals surface area contributed by atoms with Crippen molar-refractivity contribution >= 4 is 5.91 Å². The lowest BCUT2D eigenvalue weighted by Gasteiger charge is -2.22.